The van der Waals surface area contributed by atoms with E-state index in [0.29, 0.717) is 18.9 Å². The third-order valence-corrected chi connectivity index (χ3v) is 1.36. The Balaban J connectivity index is 2.24. The van der Waals surface area contributed by atoms with Crippen LogP contribution in [0.25, 0.3) is 0 Å². The first-order chi connectivity index (χ1) is 6.33. The number of anilines is 1. The summed E-state index contributed by atoms with van der Waals surface area (Å²) in [4.78, 5) is 18.5. The van der Waals surface area contributed by atoms with Crippen molar-refractivity contribution < 1.29 is 4.79 Å². The Hall–Kier alpha value is -1.69. The van der Waals surface area contributed by atoms with Crippen molar-refractivity contribution in [2.24, 2.45) is 5.84 Å². The predicted molar refractivity (Wildman–Crippen MR) is 47.5 cm³/mol. The molecule has 0 aliphatic carbocycles. The van der Waals surface area contributed by atoms with Gasteiger partial charge in [0.1, 0.15) is 0 Å². The molecule has 4 N–H and O–H groups in total. The van der Waals surface area contributed by atoms with E-state index >= 15 is 0 Å². The molecule has 0 aliphatic heterocycles. The van der Waals surface area contributed by atoms with E-state index in [9.17, 15) is 4.79 Å². The minimum Gasteiger partial charge on any atom is -0.354 e. The molecule has 0 fully saturated rings. The largest absolute Gasteiger partial charge is 0.354 e. The minimum absolute atomic E-state index is 0.219. The fourth-order valence-electron chi connectivity index (χ4n) is 0.750. The lowest BCUT2D eigenvalue weighted by Crippen LogP contribution is -2.31. The first kappa shape index (κ1) is 9.40. The molecule has 1 rings (SSSR count). The average Bonchev–Trinajstić information content (AvgIpc) is 2.19. The number of nitrogens with zero attached hydrogens (tertiary/aromatic N) is 2. The van der Waals surface area contributed by atoms with Gasteiger partial charge in [-0.2, -0.15) is 0 Å². The zero-order valence-electron chi connectivity index (χ0n) is 7.03. The molecule has 6 heteroatoms. The van der Waals surface area contributed by atoms with Gasteiger partial charge in [-0.15, -0.1) is 0 Å². The van der Waals surface area contributed by atoms with Crippen LogP contribution in [-0.4, -0.2) is 22.4 Å². The van der Waals surface area contributed by atoms with E-state index in [-0.39, 0.29) is 5.91 Å². The highest BCUT2D eigenvalue weighted by molar-refractivity contribution is 5.75. The van der Waals surface area contributed by atoms with Gasteiger partial charge in [0.15, 0.2) is 0 Å². The van der Waals surface area contributed by atoms with Crippen molar-refractivity contribution in [1.29, 1.82) is 0 Å². The number of aromatic nitrogens is 2. The molecule has 0 saturated carbocycles. The lowest BCUT2D eigenvalue weighted by molar-refractivity contribution is -0.120. The summed E-state index contributed by atoms with van der Waals surface area (Å²) < 4.78 is 0. The molecule has 6 nitrogen and oxygen atoms in total. The number of hydrazine groups is 1. The normalized spacial score (nSPS) is 9.31. The maximum atomic E-state index is 10.7. The van der Waals surface area contributed by atoms with Crippen LogP contribution in [0, 0.1) is 0 Å². The van der Waals surface area contributed by atoms with Gasteiger partial charge in [0.25, 0.3) is 0 Å². The molecule has 70 valence electrons. The zero-order valence-corrected chi connectivity index (χ0v) is 7.03. The summed E-state index contributed by atoms with van der Waals surface area (Å²) >= 11 is 0. The highest BCUT2D eigenvalue weighted by atomic mass is 16.2. The van der Waals surface area contributed by atoms with Gasteiger partial charge in [0.05, 0.1) is 0 Å². The molecule has 1 aromatic rings. The van der Waals surface area contributed by atoms with Gasteiger partial charge in [-0.05, 0) is 6.07 Å². The van der Waals surface area contributed by atoms with Crippen LogP contribution in [0.1, 0.15) is 6.42 Å². The summed E-state index contributed by atoms with van der Waals surface area (Å²) in [6.45, 7) is 0.465. The second-order valence-corrected chi connectivity index (χ2v) is 2.32. The second kappa shape index (κ2) is 5.04. The van der Waals surface area contributed by atoms with E-state index < -0.39 is 0 Å². The molecule has 13 heavy (non-hydrogen) atoms. The molecule has 0 saturated heterocycles. The highest BCUT2D eigenvalue weighted by Gasteiger charge is 1.97. The number of amides is 1. The number of hydrogen-bond donors (Lipinski definition) is 3. The van der Waals surface area contributed by atoms with Crippen molar-refractivity contribution in [2.75, 3.05) is 11.9 Å². The molecular formula is C7H11N5O. The van der Waals surface area contributed by atoms with Crippen LogP contribution in [0.3, 0.4) is 0 Å². The first-order valence-electron chi connectivity index (χ1n) is 3.83. The standard InChI is InChI=1S/C7H11N5O/c8-12-6(13)2-5-11-7-9-3-1-4-10-7/h1,3-4H,2,5,8H2,(H,12,13)(H,9,10,11). The average molecular weight is 181 g/mol. The molecule has 0 spiro atoms. The Labute approximate surface area is 75.5 Å². The SMILES string of the molecule is NNC(=O)CCNc1ncccn1. The van der Waals surface area contributed by atoms with E-state index in [1.54, 1.807) is 18.5 Å². The summed E-state index contributed by atoms with van der Waals surface area (Å²) in [7, 11) is 0. The fourth-order valence-corrected chi connectivity index (χ4v) is 0.750. The number of hydrogen-bond acceptors (Lipinski definition) is 5. The first-order valence-corrected chi connectivity index (χ1v) is 3.83. The van der Waals surface area contributed by atoms with Crippen molar-refractivity contribution >= 4 is 11.9 Å². The van der Waals surface area contributed by atoms with Crippen molar-refractivity contribution in [1.82, 2.24) is 15.4 Å². The van der Waals surface area contributed by atoms with Gasteiger partial charge in [0.2, 0.25) is 11.9 Å². The molecule has 1 aromatic heterocycles. The Morgan fingerprint density at radius 1 is 1.46 bits per heavy atom. The Bertz CT molecular complexity index is 263. The number of nitrogens with two attached hydrogens (primary N) is 1. The summed E-state index contributed by atoms with van der Waals surface area (Å²) in [5, 5.41) is 2.87. The Morgan fingerprint density at radius 2 is 2.15 bits per heavy atom. The van der Waals surface area contributed by atoms with Gasteiger partial charge in [-0.1, -0.05) is 0 Å². The minimum atomic E-state index is -0.219. The van der Waals surface area contributed by atoms with Crippen LogP contribution in [0.4, 0.5) is 5.95 Å². The summed E-state index contributed by atoms with van der Waals surface area (Å²) in [5.41, 5.74) is 2.03. The molecule has 0 radical (unpaired) electrons. The maximum Gasteiger partial charge on any atom is 0.235 e. The lowest BCUT2D eigenvalue weighted by Gasteiger charge is -2.02. The topological polar surface area (TPSA) is 92.9 Å². The molecule has 1 heterocycles. The van der Waals surface area contributed by atoms with E-state index in [1.807, 2.05) is 5.43 Å². The summed E-state index contributed by atoms with van der Waals surface area (Å²) in [6, 6.07) is 1.72. The molecule has 0 bridgehead atoms. The Morgan fingerprint density at radius 3 is 2.77 bits per heavy atom. The molecule has 1 amide bonds. The maximum absolute atomic E-state index is 10.7. The smallest absolute Gasteiger partial charge is 0.235 e. The number of nitrogens with one attached hydrogen (secondary N) is 2. The van der Waals surface area contributed by atoms with E-state index in [4.69, 9.17) is 5.84 Å². The number of carbonyl (C=O) groups is 1. The molecule has 0 aromatic carbocycles. The molecule has 0 unspecified atom stereocenters. The van der Waals surface area contributed by atoms with E-state index in [0.717, 1.165) is 0 Å². The third-order valence-electron chi connectivity index (χ3n) is 1.36. The molecule has 0 aliphatic rings. The van der Waals surface area contributed by atoms with Crippen molar-refractivity contribution in [3.63, 3.8) is 0 Å². The van der Waals surface area contributed by atoms with Crippen LogP contribution in [0.15, 0.2) is 18.5 Å². The second-order valence-electron chi connectivity index (χ2n) is 2.32. The zero-order chi connectivity index (χ0) is 9.52. The van der Waals surface area contributed by atoms with Crippen LogP contribution < -0.4 is 16.6 Å². The quantitative estimate of drug-likeness (QED) is 0.323. The van der Waals surface area contributed by atoms with E-state index in [2.05, 4.69) is 15.3 Å². The van der Waals surface area contributed by atoms with Crippen LogP contribution >= 0.6 is 0 Å². The fraction of sp³-hybridized carbons (Fsp3) is 0.286. The van der Waals surface area contributed by atoms with Gasteiger partial charge >= 0.3 is 0 Å². The summed E-state index contributed by atoms with van der Waals surface area (Å²) in [6.07, 6.45) is 3.55. The summed E-state index contributed by atoms with van der Waals surface area (Å²) in [5.74, 6) is 5.18. The van der Waals surface area contributed by atoms with Crippen LogP contribution in [0.2, 0.25) is 0 Å². The van der Waals surface area contributed by atoms with Crippen molar-refractivity contribution in [3.8, 4) is 0 Å². The number of rotatable bonds is 4. The lowest BCUT2D eigenvalue weighted by atomic mass is 10.4. The van der Waals surface area contributed by atoms with Crippen LogP contribution in [0.5, 0.6) is 0 Å². The van der Waals surface area contributed by atoms with Gasteiger partial charge in [-0.25, -0.2) is 15.8 Å². The Kier molecular flexibility index (Phi) is 3.65. The van der Waals surface area contributed by atoms with Crippen LogP contribution in [-0.2, 0) is 4.79 Å². The predicted octanol–water partition coefficient (Wildman–Crippen LogP) is -0.732. The van der Waals surface area contributed by atoms with Crippen molar-refractivity contribution in [3.05, 3.63) is 18.5 Å². The number of carbonyl (C=O) groups excluding carboxylic acids is 1. The van der Waals surface area contributed by atoms with E-state index in [1.165, 1.54) is 0 Å². The van der Waals surface area contributed by atoms with Gasteiger partial charge in [-0.3, -0.25) is 10.2 Å². The highest BCUT2D eigenvalue weighted by Crippen LogP contribution is 1.93. The third kappa shape index (κ3) is 3.48. The van der Waals surface area contributed by atoms with Crippen molar-refractivity contribution in [2.45, 2.75) is 6.42 Å². The van der Waals surface area contributed by atoms with Gasteiger partial charge in [0, 0.05) is 25.4 Å². The monoisotopic (exact) mass is 181 g/mol. The van der Waals surface area contributed by atoms with Gasteiger partial charge < -0.3 is 5.32 Å². The molecule has 0 atom stereocenters. The molecular weight excluding hydrogens is 170 g/mol.